The lowest BCUT2D eigenvalue weighted by molar-refractivity contribution is -0.384. The number of nitrogens with zero attached hydrogens (tertiary/aromatic N) is 2. The van der Waals surface area contributed by atoms with Crippen molar-refractivity contribution in [3.8, 4) is 0 Å². The number of nitro groups is 1. The summed E-state index contributed by atoms with van der Waals surface area (Å²) in [5.41, 5.74) is 0.0557. The van der Waals surface area contributed by atoms with E-state index in [1.54, 1.807) is 0 Å². The first kappa shape index (κ1) is 10.8. The quantitative estimate of drug-likeness (QED) is 0.617. The normalized spacial score (nSPS) is 19.6. The summed E-state index contributed by atoms with van der Waals surface area (Å²) in [7, 11) is 0. The van der Waals surface area contributed by atoms with Crippen LogP contribution in [0.4, 0.5) is 11.5 Å². The lowest BCUT2D eigenvalue weighted by Gasteiger charge is -2.09. The van der Waals surface area contributed by atoms with E-state index in [0.29, 0.717) is 11.7 Å². The van der Waals surface area contributed by atoms with E-state index in [9.17, 15) is 10.1 Å². The molecule has 0 radical (unpaired) electrons. The number of ether oxygens (including phenoxy) is 1. The van der Waals surface area contributed by atoms with Crippen LogP contribution >= 0.6 is 0 Å². The largest absolute Gasteiger partial charge is 0.381 e. The number of rotatable bonds is 4. The first-order valence-corrected chi connectivity index (χ1v) is 5.18. The lowest BCUT2D eigenvalue weighted by atomic mass is 10.1. The molecule has 0 saturated carbocycles. The number of hydrogen-bond donors (Lipinski definition) is 1. The molecule has 1 saturated heterocycles. The molecule has 1 aromatic heterocycles. The second kappa shape index (κ2) is 4.89. The zero-order chi connectivity index (χ0) is 11.4. The molecule has 1 fully saturated rings. The molecule has 2 rings (SSSR count). The van der Waals surface area contributed by atoms with Crippen molar-refractivity contribution in [1.82, 2.24) is 4.98 Å². The zero-order valence-electron chi connectivity index (χ0n) is 8.76. The maximum absolute atomic E-state index is 10.5. The molecular formula is C10H13N3O3. The van der Waals surface area contributed by atoms with Crippen LogP contribution in [-0.2, 0) is 4.74 Å². The van der Waals surface area contributed by atoms with Gasteiger partial charge in [0.1, 0.15) is 5.82 Å². The molecule has 1 atom stereocenters. The SMILES string of the molecule is O=[N+]([O-])c1ccnc(NCC2CCOC2)c1. The molecule has 0 aromatic carbocycles. The van der Waals surface area contributed by atoms with Crippen molar-refractivity contribution in [2.45, 2.75) is 6.42 Å². The Bertz CT molecular complexity index is 377. The van der Waals surface area contributed by atoms with E-state index >= 15 is 0 Å². The molecule has 1 aromatic rings. The first-order chi connectivity index (χ1) is 7.75. The Labute approximate surface area is 92.8 Å². The van der Waals surface area contributed by atoms with Gasteiger partial charge in [-0.1, -0.05) is 0 Å². The smallest absolute Gasteiger partial charge is 0.274 e. The Balaban J connectivity index is 1.93. The molecule has 1 N–H and O–H groups in total. The van der Waals surface area contributed by atoms with Crippen molar-refractivity contribution >= 4 is 11.5 Å². The van der Waals surface area contributed by atoms with Gasteiger partial charge in [-0.2, -0.15) is 0 Å². The van der Waals surface area contributed by atoms with Crippen LogP contribution in [0.1, 0.15) is 6.42 Å². The average molecular weight is 223 g/mol. The fourth-order valence-electron chi connectivity index (χ4n) is 1.62. The van der Waals surface area contributed by atoms with E-state index in [1.165, 1.54) is 18.3 Å². The predicted molar refractivity (Wildman–Crippen MR) is 58.3 cm³/mol. The van der Waals surface area contributed by atoms with Crippen LogP contribution in [0, 0.1) is 16.0 Å². The van der Waals surface area contributed by atoms with Crippen LogP contribution in [-0.4, -0.2) is 29.7 Å². The number of pyridine rings is 1. The molecular weight excluding hydrogens is 210 g/mol. The first-order valence-electron chi connectivity index (χ1n) is 5.18. The second-order valence-corrected chi connectivity index (χ2v) is 3.77. The van der Waals surface area contributed by atoms with Gasteiger partial charge in [0, 0.05) is 31.3 Å². The van der Waals surface area contributed by atoms with Crippen LogP contribution in [0.15, 0.2) is 18.3 Å². The van der Waals surface area contributed by atoms with Gasteiger partial charge in [0.2, 0.25) is 0 Å². The molecule has 1 aliphatic heterocycles. The summed E-state index contributed by atoms with van der Waals surface area (Å²) in [5.74, 6) is 1.02. The summed E-state index contributed by atoms with van der Waals surface area (Å²) in [6.07, 6.45) is 2.47. The minimum atomic E-state index is -0.425. The predicted octanol–water partition coefficient (Wildman–Crippen LogP) is 1.44. The third kappa shape index (κ3) is 2.66. The molecule has 1 aliphatic rings. The third-order valence-electron chi connectivity index (χ3n) is 2.55. The van der Waals surface area contributed by atoms with E-state index in [2.05, 4.69) is 10.3 Å². The molecule has 0 aliphatic carbocycles. The van der Waals surface area contributed by atoms with Crippen LogP contribution in [0.5, 0.6) is 0 Å². The maximum Gasteiger partial charge on any atom is 0.274 e. The number of aromatic nitrogens is 1. The van der Waals surface area contributed by atoms with Crippen molar-refractivity contribution in [3.63, 3.8) is 0 Å². The van der Waals surface area contributed by atoms with Gasteiger partial charge in [-0.05, 0) is 6.42 Å². The molecule has 0 amide bonds. The van der Waals surface area contributed by atoms with Gasteiger partial charge in [-0.3, -0.25) is 10.1 Å². The summed E-state index contributed by atoms with van der Waals surface area (Å²) in [4.78, 5) is 14.1. The number of anilines is 1. The highest BCUT2D eigenvalue weighted by molar-refractivity contribution is 5.44. The molecule has 1 unspecified atom stereocenters. The van der Waals surface area contributed by atoms with Gasteiger partial charge in [0.25, 0.3) is 5.69 Å². The van der Waals surface area contributed by atoms with Crippen molar-refractivity contribution in [2.75, 3.05) is 25.1 Å². The topological polar surface area (TPSA) is 77.3 Å². The monoisotopic (exact) mass is 223 g/mol. The summed E-state index contributed by atoms with van der Waals surface area (Å²) < 4.78 is 5.24. The van der Waals surface area contributed by atoms with Crippen LogP contribution < -0.4 is 5.32 Å². The lowest BCUT2D eigenvalue weighted by Crippen LogP contribution is -2.14. The molecule has 0 bridgehead atoms. The molecule has 6 nitrogen and oxygen atoms in total. The third-order valence-corrected chi connectivity index (χ3v) is 2.55. The van der Waals surface area contributed by atoms with E-state index in [-0.39, 0.29) is 5.69 Å². The van der Waals surface area contributed by atoms with Gasteiger partial charge < -0.3 is 10.1 Å². The summed E-state index contributed by atoms with van der Waals surface area (Å²) >= 11 is 0. The number of nitrogens with one attached hydrogen (secondary N) is 1. The Morgan fingerprint density at radius 3 is 3.25 bits per heavy atom. The average Bonchev–Trinajstić information content (AvgIpc) is 2.79. The zero-order valence-corrected chi connectivity index (χ0v) is 8.76. The summed E-state index contributed by atoms with van der Waals surface area (Å²) in [6, 6.07) is 2.82. The van der Waals surface area contributed by atoms with Crippen LogP contribution in [0.2, 0.25) is 0 Å². The van der Waals surface area contributed by atoms with Gasteiger partial charge >= 0.3 is 0 Å². The van der Waals surface area contributed by atoms with Crippen LogP contribution in [0.25, 0.3) is 0 Å². The molecule has 86 valence electrons. The van der Waals surface area contributed by atoms with E-state index in [0.717, 1.165) is 26.2 Å². The van der Waals surface area contributed by atoms with Gasteiger partial charge in [-0.15, -0.1) is 0 Å². The molecule has 0 spiro atoms. The highest BCUT2D eigenvalue weighted by Gasteiger charge is 2.15. The highest BCUT2D eigenvalue weighted by atomic mass is 16.6. The standard InChI is InChI=1S/C10H13N3O3/c14-13(15)9-1-3-11-10(5-9)12-6-8-2-4-16-7-8/h1,3,5,8H,2,4,6-7H2,(H,11,12). The summed E-state index contributed by atoms with van der Waals surface area (Å²) in [5, 5.41) is 13.6. The van der Waals surface area contributed by atoms with Crippen molar-refractivity contribution in [2.24, 2.45) is 5.92 Å². The number of hydrogen-bond acceptors (Lipinski definition) is 5. The fourth-order valence-corrected chi connectivity index (χ4v) is 1.62. The minimum absolute atomic E-state index is 0.0557. The Morgan fingerprint density at radius 1 is 1.69 bits per heavy atom. The van der Waals surface area contributed by atoms with Crippen molar-refractivity contribution < 1.29 is 9.66 Å². The Morgan fingerprint density at radius 2 is 2.56 bits per heavy atom. The van der Waals surface area contributed by atoms with Gasteiger partial charge in [0.15, 0.2) is 0 Å². The van der Waals surface area contributed by atoms with E-state index in [1.807, 2.05) is 0 Å². The molecule has 6 heteroatoms. The van der Waals surface area contributed by atoms with Crippen molar-refractivity contribution in [3.05, 3.63) is 28.4 Å². The van der Waals surface area contributed by atoms with Crippen molar-refractivity contribution in [1.29, 1.82) is 0 Å². The molecule has 16 heavy (non-hydrogen) atoms. The minimum Gasteiger partial charge on any atom is -0.381 e. The highest BCUT2D eigenvalue weighted by Crippen LogP contribution is 2.16. The van der Waals surface area contributed by atoms with E-state index < -0.39 is 4.92 Å². The fraction of sp³-hybridized carbons (Fsp3) is 0.500. The maximum atomic E-state index is 10.5. The van der Waals surface area contributed by atoms with Crippen LogP contribution in [0.3, 0.4) is 0 Å². The molecule has 2 heterocycles. The van der Waals surface area contributed by atoms with Gasteiger partial charge in [-0.25, -0.2) is 4.98 Å². The summed E-state index contributed by atoms with van der Waals surface area (Å²) in [6.45, 7) is 2.30. The van der Waals surface area contributed by atoms with E-state index in [4.69, 9.17) is 4.74 Å². The Hall–Kier alpha value is -1.69. The Kier molecular flexibility index (Phi) is 3.31. The van der Waals surface area contributed by atoms with Gasteiger partial charge in [0.05, 0.1) is 17.6 Å². The second-order valence-electron chi connectivity index (χ2n) is 3.77.